The first-order chi connectivity index (χ1) is 10.1. The van der Waals surface area contributed by atoms with Crippen LogP contribution in [0, 0.1) is 11.6 Å². The molecule has 110 valence electrons. The minimum absolute atomic E-state index is 0.330. The van der Waals surface area contributed by atoms with Crippen LogP contribution >= 0.6 is 15.9 Å². The number of halogens is 3. The van der Waals surface area contributed by atoms with Crippen molar-refractivity contribution in [2.45, 2.75) is 25.3 Å². The number of hydrogen-bond acceptors (Lipinski definition) is 1. The molecule has 2 aromatic carbocycles. The topological polar surface area (TPSA) is 12.0 Å². The van der Waals surface area contributed by atoms with Gasteiger partial charge in [-0.1, -0.05) is 28.1 Å². The van der Waals surface area contributed by atoms with Gasteiger partial charge in [0.25, 0.3) is 0 Å². The maximum Gasteiger partial charge on any atom is 0.126 e. The van der Waals surface area contributed by atoms with Gasteiger partial charge in [0.15, 0.2) is 0 Å². The van der Waals surface area contributed by atoms with Gasteiger partial charge < -0.3 is 5.32 Å². The molecule has 0 bridgehead atoms. The number of fused-ring (bicyclic) bond motifs is 1. The molecule has 0 fully saturated rings. The molecule has 2 aromatic rings. The van der Waals surface area contributed by atoms with Crippen LogP contribution in [0.4, 0.5) is 8.78 Å². The molecular weight excluding hydrogens is 336 g/mol. The Balaban J connectivity index is 1.61. The molecule has 21 heavy (non-hydrogen) atoms. The summed E-state index contributed by atoms with van der Waals surface area (Å²) >= 11 is 3.58. The maximum atomic E-state index is 13.1. The smallest absolute Gasteiger partial charge is 0.126 e. The van der Waals surface area contributed by atoms with Gasteiger partial charge in [-0.25, -0.2) is 8.78 Å². The molecule has 3 rings (SSSR count). The highest BCUT2D eigenvalue weighted by Crippen LogP contribution is 2.35. The van der Waals surface area contributed by atoms with E-state index in [1.165, 1.54) is 23.3 Å². The molecule has 1 unspecified atom stereocenters. The van der Waals surface area contributed by atoms with E-state index in [1.54, 1.807) is 0 Å². The van der Waals surface area contributed by atoms with Crippen LogP contribution in [0.3, 0.4) is 0 Å². The van der Waals surface area contributed by atoms with Crippen molar-refractivity contribution < 1.29 is 8.78 Å². The van der Waals surface area contributed by atoms with Crippen LogP contribution in [0.1, 0.15) is 29.2 Å². The van der Waals surface area contributed by atoms with Gasteiger partial charge in [0, 0.05) is 16.6 Å². The molecule has 1 aliphatic rings. The Morgan fingerprint density at radius 2 is 1.90 bits per heavy atom. The van der Waals surface area contributed by atoms with Crippen LogP contribution in [-0.2, 0) is 12.8 Å². The van der Waals surface area contributed by atoms with Crippen molar-refractivity contribution in [3.8, 4) is 0 Å². The fourth-order valence-corrected chi connectivity index (χ4v) is 3.55. The van der Waals surface area contributed by atoms with Gasteiger partial charge in [-0.2, -0.15) is 0 Å². The van der Waals surface area contributed by atoms with E-state index in [0.717, 1.165) is 23.4 Å². The lowest BCUT2D eigenvalue weighted by molar-refractivity contribution is 0.530. The van der Waals surface area contributed by atoms with Crippen molar-refractivity contribution in [1.82, 2.24) is 5.32 Å². The number of nitrogens with one attached hydrogen (secondary N) is 1. The van der Waals surface area contributed by atoms with Gasteiger partial charge in [-0.15, -0.1) is 0 Å². The quantitative estimate of drug-likeness (QED) is 0.852. The third-order valence-corrected chi connectivity index (χ3v) is 4.68. The minimum atomic E-state index is -0.514. The SMILES string of the molecule is Fc1cc(F)cc(CCNC2CCc3c(Br)cccc32)c1. The van der Waals surface area contributed by atoms with Crippen LogP contribution in [0.25, 0.3) is 0 Å². The van der Waals surface area contributed by atoms with E-state index in [2.05, 4.69) is 33.4 Å². The molecule has 0 heterocycles. The number of hydrogen-bond donors (Lipinski definition) is 1. The molecule has 0 saturated carbocycles. The van der Waals surface area contributed by atoms with Gasteiger partial charge in [0.1, 0.15) is 11.6 Å². The minimum Gasteiger partial charge on any atom is -0.310 e. The second kappa shape index (κ2) is 6.24. The van der Waals surface area contributed by atoms with Crippen molar-refractivity contribution in [2.75, 3.05) is 6.54 Å². The summed E-state index contributed by atoms with van der Waals surface area (Å²) in [5, 5.41) is 3.49. The molecular formula is C17H16BrF2N. The fraction of sp³-hybridized carbons (Fsp3) is 0.294. The molecule has 0 spiro atoms. The normalized spacial score (nSPS) is 17.0. The number of benzene rings is 2. The lowest BCUT2D eigenvalue weighted by Crippen LogP contribution is -2.22. The first-order valence-electron chi connectivity index (χ1n) is 7.09. The second-order valence-corrected chi connectivity index (χ2v) is 6.24. The van der Waals surface area contributed by atoms with Crippen molar-refractivity contribution in [3.63, 3.8) is 0 Å². The molecule has 4 heteroatoms. The Hall–Kier alpha value is -1.26. The Bertz CT molecular complexity index is 637. The monoisotopic (exact) mass is 351 g/mol. The predicted molar refractivity (Wildman–Crippen MR) is 83.3 cm³/mol. The molecule has 0 amide bonds. The van der Waals surface area contributed by atoms with E-state index in [9.17, 15) is 8.78 Å². The predicted octanol–water partition coefficient (Wildman–Crippen LogP) is 4.55. The highest BCUT2D eigenvalue weighted by atomic mass is 79.9. The van der Waals surface area contributed by atoms with Crippen LogP contribution in [-0.4, -0.2) is 6.54 Å². The molecule has 0 saturated heterocycles. The van der Waals surface area contributed by atoms with Crippen molar-refractivity contribution >= 4 is 15.9 Å². The highest BCUT2D eigenvalue weighted by molar-refractivity contribution is 9.10. The van der Waals surface area contributed by atoms with Crippen LogP contribution in [0.5, 0.6) is 0 Å². The van der Waals surface area contributed by atoms with Gasteiger partial charge >= 0.3 is 0 Å². The zero-order valence-electron chi connectivity index (χ0n) is 11.5. The van der Waals surface area contributed by atoms with E-state index in [1.807, 2.05) is 6.07 Å². The molecule has 1 atom stereocenters. The van der Waals surface area contributed by atoms with Crippen molar-refractivity contribution in [3.05, 3.63) is 69.2 Å². The van der Waals surface area contributed by atoms with E-state index < -0.39 is 11.6 Å². The first-order valence-corrected chi connectivity index (χ1v) is 7.88. The third kappa shape index (κ3) is 3.33. The maximum absolute atomic E-state index is 13.1. The van der Waals surface area contributed by atoms with Crippen LogP contribution in [0.15, 0.2) is 40.9 Å². The van der Waals surface area contributed by atoms with E-state index in [4.69, 9.17) is 0 Å². The fourth-order valence-electron chi connectivity index (χ4n) is 2.97. The Morgan fingerprint density at radius 1 is 1.14 bits per heavy atom. The summed E-state index contributed by atoms with van der Waals surface area (Å²) in [5.74, 6) is -1.03. The Labute approximate surface area is 131 Å². The van der Waals surface area contributed by atoms with Crippen molar-refractivity contribution in [1.29, 1.82) is 0 Å². The lowest BCUT2D eigenvalue weighted by atomic mass is 10.1. The summed E-state index contributed by atoms with van der Waals surface area (Å²) in [6.45, 7) is 0.708. The van der Waals surface area contributed by atoms with Gasteiger partial charge in [0.05, 0.1) is 0 Å². The van der Waals surface area contributed by atoms with Crippen LogP contribution < -0.4 is 5.32 Å². The zero-order valence-corrected chi connectivity index (χ0v) is 13.1. The molecule has 0 aromatic heterocycles. The molecule has 1 nitrogen and oxygen atoms in total. The molecule has 0 radical (unpaired) electrons. The highest BCUT2D eigenvalue weighted by Gasteiger charge is 2.23. The van der Waals surface area contributed by atoms with Gasteiger partial charge in [-0.3, -0.25) is 0 Å². The molecule has 0 aliphatic heterocycles. The molecule has 1 aliphatic carbocycles. The van der Waals surface area contributed by atoms with E-state index >= 15 is 0 Å². The lowest BCUT2D eigenvalue weighted by Gasteiger charge is -2.14. The summed E-state index contributed by atoms with van der Waals surface area (Å²) in [6.07, 6.45) is 2.74. The van der Waals surface area contributed by atoms with Gasteiger partial charge in [-0.05, 0) is 60.7 Å². The Kier molecular flexibility index (Phi) is 4.36. The van der Waals surface area contributed by atoms with E-state index in [-0.39, 0.29) is 0 Å². The third-order valence-electron chi connectivity index (χ3n) is 3.94. The van der Waals surface area contributed by atoms with Crippen molar-refractivity contribution in [2.24, 2.45) is 0 Å². The standard InChI is InChI=1S/C17H16BrF2N/c18-16-3-1-2-15-14(16)4-5-17(15)21-7-6-11-8-12(19)10-13(20)9-11/h1-3,8-10,17,21H,4-7H2. The average Bonchev–Trinajstić information content (AvgIpc) is 2.83. The van der Waals surface area contributed by atoms with Crippen LogP contribution in [0.2, 0.25) is 0 Å². The Morgan fingerprint density at radius 3 is 2.67 bits per heavy atom. The van der Waals surface area contributed by atoms with Gasteiger partial charge in [0.2, 0.25) is 0 Å². The summed E-state index contributed by atoms with van der Waals surface area (Å²) in [7, 11) is 0. The molecule has 1 N–H and O–H groups in total. The first kappa shape index (κ1) is 14.7. The number of rotatable bonds is 4. The summed E-state index contributed by atoms with van der Waals surface area (Å²) in [5.41, 5.74) is 3.38. The largest absolute Gasteiger partial charge is 0.310 e. The van der Waals surface area contributed by atoms with E-state index in [0.29, 0.717) is 24.6 Å². The summed E-state index contributed by atoms with van der Waals surface area (Å²) in [4.78, 5) is 0. The second-order valence-electron chi connectivity index (χ2n) is 5.38. The summed E-state index contributed by atoms with van der Waals surface area (Å²) in [6, 6.07) is 10.3. The summed E-state index contributed by atoms with van der Waals surface area (Å²) < 4.78 is 27.4. The average molecular weight is 352 g/mol. The zero-order chi connectivity index (χ0) is 14.8.